The maximum Gasteiger partial charge on any atom is 0.416 e. The first-order valence-electron chi connectivity index (χ1n) is 6.01. The Morgan fingerprint density at radius 3 is 2.68 bits per heavy atom. The van der Waals surface area contributed by atoms with Crippen LogP contribution in [0.1, 0.15) is 17.5 Å². The van der Waals surface area contributed by atoms with Crippen molar-refractivity contribution in [3.8, 4) is 5.75 Å². The largest absolute Gasteiger partial charge is 0.497 e. The van der Waals surface area contributed by atoms with E-state index in [4.69, 9.17) is 4.74 Å². The van der Waals surface area contributed by atoms with Gasteiger partial charge in [-0.2, -0.15) is 13.2 Å². The van der Waals surface area contributed by atoms with Gasteiger partial charge in [-0.1, -0.05) is 6.07 Å². The Balaban J connectivity index is 2.33. The van der Waals surface area contributed by atoms with Crippen molar-refractivity contribution in [2.24, 2.45) is 0 Å². The average molecular weight is 275 g/mol. The number of methoxy groups -OCH3 is 1. The number of aliphatic hydroxyl groups is 1. The molecule has 1 aromatic rings. The standard InChI is InChI=1S/C13H16F3NO2/c1-19-10-3-2-9(11(6-10)13(14,15)16)7-12(18)4-5-17-8-12/h2-3,6,17-18H,4-5,7-8H2,1H3. The van der Waals surface area contributed by atoms with Crippen molar-refractivity contribution in [2.75, 3.05) is 20.2 Å². The summed E-state index contributed by atoms with van der Waals surface area (Å²) in [6, 6.07) is 3.83. The molecule has 19 heavy (non-hydrogen) atoms. The van der Waals surface area contributed by atoms with Gasteiger partial charge in [0.15, 0.2) is 0 Å². The number of hydrogen-bond donors (Lipinski definition) is 2. The van der Waals surface area contributed by atoms with Gasteiger partial charge in [0, 0.05) is 13.0 Å². The molecule has 0 amide bonds. The van der Waals surface area contributed by atoms with Crippen molar-refractivity contribution in [2.45, 2.75) is 24.6 Å². The van der Waals surface area contributed by atoms with E-state index in [1.54, 1.807) is 0 Å². The third kappa shape index (κ3) is 3.19. The van der Waals surface area contributed by atoms with Crippen LogP contribution in [-0.4, -0.2) is 30.9 Å². The molecule has 0 saturated carbocycles. The van der Waals surface area contributed by atoms with Crippen LogP contribution in [0.3, 0.4) is 0 Å². The Morgan fingerprint density at radius 2 is 2.16 bits per heavy atom. The molecule has 1 aliphatic heterocycles. The smallest absolute Gasteiger partial charge is 0.416 e. The molecule has 1 aliphatic rings. The van der Waals surface area contributed by atoms with Crippen molar-refractivity contribution in [1.82, 2.24) is 5.32 Å². The average Bonchev–Trinajstić information content (AvgIpc) is 2.75. The molecule has 1 fully saturated rings. The molecule has 6 heteroatoms. The monoisotopic (exact) mass is 275 g/mol. The Bertz CT molecular complexity index is 454. The molecule has 1 aromatic carbocycles. The molecule has 0 radical (unpaired) electrons. The maximum atomic E-state index is 13.0. The van der Waals surface area contributed by atoms with Crippen LogP contribution >= 0.6 is 0 Å². The second-order valence-corrected chi connectivity index (χ2v) is 4.85. The number of alkyl halides is 3. The number of hydrogen-bond acceptors (Lipinski definition) is 3. The van der Waals surface area contributed by atoms with Crippen molar-refractivity contribution < 1.29 is 23.0 Å². The van der Waals surface area contributed by atoms with Crippen LogP contribution in [0, 0.1) is 0 Å². The fourth-order valence-electron chi connectivity index (χ4n) is 2.34. The highest BCUT2D eigenvalue weighted by molar-refractivity contribution is 5.38. The Kier molecular flexibility index (Phi) is 3.73. The molecule has 3 nitrogen and oxygen atoms in total. The SMILES string of the molecule is COc1ccc(CC2(O)CCNC2)c(C(F)(F)F)c1. The van der Waals surface area contributed by atoms with Crippen molar-refractivity contribution in [3.05, 3.63) is 29.3 Å². The van der Waals surface area contributed by atoms with E-state index in [9.17, 15) is 18.3 Å². The van der Waals surface area contributed by atoms with Crippen LogP contribution in [0.5, 0.6) is 5.75 Å². The minimum atomic E-state index is -4.45. The van der Waals surface area contributed by atoms with Crippen LogP contribution in [-0.2, 0) is 12.6 Å². The van der Waals surface area contributed by atoms with Gasteiger partial charge in [0.05, 0.1) is 18.3 Å². The summed E-state index contributed by atoms with van der Waals surface area (Å²) in [7, 11) is 1.32. The van der Waals surface area contributed by atoms with E-state index in [-0.39, 0.29) is 17.7 Å². The number of nitrogens with one attached hydrogen (secondary N) is 1. The highest BCUT2D eigenvalue weighted by Crippen LogP contribution is 2.36. The van der Waals surface area contributed by atoms with Crippen molar-refractivity contribution in [3.63, 3.8) is 0 Å². The lowest BCUT2D eigenvalue weighted by Gasteiger charge is -2.23. The van der Waals surface area contributed by atoms with E-state index >= 15 is 0 Å². The minimum Gasteiger partial charge on any atom is -0.497 e. The van der Waals surface area contributed by atoms with Crippen LogP contribution < -0.4 is 10.1 Å². The maximum absolute atomic E-state index is 13.0. The summed E-state index contributed by atoms with van der Waals surface area (Å²) >= 11 is 0. The van der Waals surface area contributed by atoms with Gasteiger partial charge < -0.3 is 15.2 Å². The summed E-state index contributed by atoms with van der Waals surface area (Å²) in [6.07, 6.45) is -4.01. The van der Waals surface area contributed by atoms with Gasteiger partial charge in [-0.05, 0) is 30.7 Å². The van der Waals surface area contributed by atoms with E-state index in [1.165, 1.54) is 19.2 Å². The molecule has 0 aliphatic carbocycles. The molecule has 106 valence electrons. The summed E-state index contributed by atoms with van der Waals surface area (Å²) in [5.74, 6) is 0.160. The van der Waals surface area contributed by atoms with E-state index in [1.807, 2.05) is 0 Å². The van der Waals surface area contributed by atoms with E-state index < -0.39 is 17.3 Å². The van der Waals surface area contributed by atoms with Crippen LogP contribution in [0.25, 0.3) is 0 Å². The first-order chi connectivity index (χ1) is 8.84. The summed E-state index contributed by atoms with van der Waals surface area (Å²) in [6.45, 7) is 0.935. The van der Waals surface area contributed by atoms with Gasteiger partial charge in [0.25, 0.3) is 0 Å². The van der Waals surface area contributed by atoms with Gasteiger partial charge in [0.2, 0.25) is 0 Å². The van der Waals surface area contributed by atoms with E-state index in [0.29, 0.717) is 19.5 Å². The molecular formula is C13H16F3NO2. The normalized spacial score (nSPS) is 23.6. The van der Waals surface area contributed by atoms with Gasteiger partial charge in [0.1, 0.15) is 5.75 Å². The third-order valence-corrected chi connectivity index (χ3v) is 3.36. The molecule has 1 unspecified atom stereocenters. The fourth-order valence-corrected chi connectivity index (χ4v) is 2.34. The second-order valence-electron chi connectivity index (χ2n) is 4.85. The first-order valence-corrected chi connectivity index (χ1v) is 6.01. The van der Waals surface area contributed by atoms with Gasteiger partial charge in [-0.25, -0.2) is 0 Å². The molecule has 1 saturated heterocycles. The number of halogens is 3. The molecule has 0 spiro atoms. The molecule has 1 heterocycles. The van der Waals surface area contributed by atoms with Crippen molar-refractivity contribution >= 4 is 0 Å². The zero-order valence-corrected chi connectivity index (χ0v) is 10.5. The summed E-state index contributed by atoms with van der Waals surface area (Å²) in [5.41, 5.74) is -1.75. The lowest BCUT2D eigenvalue weighted by atomic mass is 9.91. The molecule has 2 N–H and O–H groups in total. The number of β-amino-alcohol motifs (C(OH)–C–C–N with tert-alkyl or cyclic N) is 1. The Hall–Kier alpha value is -1.27. The predicted octanol–water partition coefficient (Wildman–Crippen LogP) is 1.98. The van der Waals surface area contributed by atoms with Crippen LogP contribution in [0.2, 0.25) is 0 Å². The highest BCUT2D eigenvalue weighted by Gasteiger charge is 2.38. The van der Waals surface area contributed by atoms with E-state index in [0.717, 1.165) is 6.07 Å². The molecular weight excluding hydrogens is 259 g/mol. The molecule has 0 aromatic heterocycles. The summed E-state index contributed by atoms with van der Waals surface area (Å²) in [5, 5.41) is 13.2. The van der Waals surface area contributed by atoms with Gasteiger partial charge >= 0.3 is 6.18 Å². The van der Waals surface area contributed by atoms with Gasteiger partial charge in [-0.15, -0.1) is 0 Å². The molecule has 1 atom stereocenters. The Morgan fingerprint density at radius 1 is 1.42 bits per heavy atom. The van der Waals surface area contributed by atoms with Crippen molar-refractivity contribution in [1.29, 1.82) is 0 Å². The minimum absolute atomic E-state index is 0.0150. The lowest BCUT2D eigenvalue weighted by molar-refractivity contribution is -0.138. The zero-order chi connectivity index (χ0) is 14.1. The molecule has 0 bridgehead atoms. The molecule has 2 rings (SSSR count). The van der Waals surface area contributed by atoms with Crippen LogP contribution in [0.4, 0.5) is 13.2 Å². The summed E-state index contributed by atoms with van der Waals surface area (Å²) in [4.78, 5) is 0. The van der Waals surface area contributed by atoms with E-state index in [2.05, 4.69) is 5.32 Å². The highest BCUT2D eigenvalue weighted by atomic mass is 19.4. The zero-order valence-electron chi connectivity index (χ0n) is 10.5. The number of benzene rings is 1. The number of ether oxygens (including phenoxy) is 1. The second kappa shape index (κ2) is 5.02. The Labute approximate surface area is 109 Å². The predicted molar refractivity (Wildman–Crippen MR) is 64.1 cm³/mol. The summed E-state index contributed by atoms with van der Waals surface area (Å²) < 4.78 is 43.9. The topological polar surface area (TPSA) is 41.5 Å². The number of rotatable bonds is 3. The fraction of sp³-hybridized carbons (Fsp3) is 0.538. The van der Waals surface area contributed by atoms with Crippen LogP contribution in [0.15, 0.2) is 18.2 Å². The van der Waals surface area contributed by atoms with Gasteiger partial charge in [-0.3, -0.25) is 0 Å². The quantitative estimate of drug-likeness (QED) is 0.886. The first kappa shape index (κ1) is 14.1. The lowest BCUT2D eigenvalue weighted by Crippen LogP contribution is -2.34. The third-order valence-electron chi connectivity index (χ3n) is 3.36.